The highest BCUT2D eigenvalue weighted by atomic mass is 16.5. The van der Waals surface area contributed by atoms with E-state index in [1.54, 1.807) is 48.3 Å². The summed E-state index contributed by atoms with van der Waals surface area (Å²) in [6.45, 7) is 0.181. The lowest BCUT2D eigenvalue weighted by molar-refractivity contribution is 0.0994. The number of furan rings is 1. The zero-order valence-electron chi connectivity index (χ0n) is 18.4. The Hall–Kier alpha value is -4.65. The molecule has 0 aliphatic rings. The van der Waals surface area contributed by atoms with E-state index in [-0.39, 0.29) is 18.2 Å². The maximum atomic E-state index is 13.1. The van der Waals surface area contributed by atoms with E-state index in [2.05, 4.69) is 10.3 Å². The minimum atomic E-state index is -0.397. The van der Waals surface area contributed by atoms with E-state index >= 15 is 0 Å². The van der Waals surface area contributed by atoms with Crippen LogP contribution >= 0.6 is 0 Å². The average molecular weight is 451 g/mol. The predicted octanol–water partition coefficient (Wildman–Crippen LogP) is 5.23. The van der Waals surface area contributed by atoms with E-state index in [1.165, 1.54) is 0 Å². The molecule has 0 aliphatic carbocycles. The summed E-state index contributed by atoms with van der Waals surface area (Å²) < 4.78 is 13.5. The maximum Gasteiger partial charge on any atom is 0.291 e. The molecule has 0 radical (unpaired) electrons. The number of ether oxygens (including phenoxy) is 1. The van der Waals surface area contributed by atoms with Gasteiger partial charge in [0.05, 0.1) is 0 Å². The largest absolute Gasteiger partial charge is 0.489 e. The molecular formula is C27H21N3O4. The number of para-hydroxylation sites is 2. The van der Waals surface area contributed by atoms with Crippen LogP contribution in [0.1, 0.15) is 32.3 Å². The number of amides is 1. The molecule has 0 saturated carbocycles. The van der Waals surface area contributed by atoms with E-state index in [0.29, 0.717) is 34.0 Å². The van der Waals surface area contributed by atoms with Gasteiger partial charge in [-0.3, -0.25) is 9.59 Å². The number of aryl methyl sites for hydroxylation is 1. The first-order valence-electron chi connectivity index (χ1n) is 10.7. The molecule has 0 fully saturated rings. The topological polar surface area (TPSA) is 86.4 Å². The Kier molecular flexibility index (Phi) is 5.66. The maximum absolute atomic E-state index is 13.1. The average Bonchev–Trinajstić information content (AvgIpc) is 3.47. The summed E-state index contributed by atoms with van der Waals surface area (Å²) in [7, 11) is 1.77. The third-order valence-corrected chi connectivity index (χ3v) is 5.46. The zero-order chi connectivity index (χ0) is 23.5. The number of aromatic nitrogens is 2. The molecule has 0 aliphatic heterocycles. The van der Waals surface area contributed by atoms with Gasteiger partial charge in [0.1, 0.15) is 17.9 Å². The second-order valence-electron chi connectivity index (χ2n) is 7.73. The van der Waals surface area contributed by atoms with Gasteiger partial charge in [-0.1, -0.05) is 36.4 Å². The van der Waals surface area contributed by atoms with Crippen molar-refractivity contribution in [3.05, 3.63) is 114 Å². The Morgan fingerprint density at radius 2 is 1.71 bits per heavy atom. The molecule has 0 atom stereocenters. The quantitative estimate of drug-likeness (QED) is 0.343. The number of fused-ring (bicyclic) bond motifs is 1. The summed E-state index contributed by atoms with van der Waals surface area (Å²) in [6.07, 6.45) is 3.29. The molecule has 5 rings (SSSR count). The first-order valence-corrected chi connectivity index (χ1v) is 10.7. The standard InChI is InChI=1S/C27H21N3O4/c1-30-16-15-28-26(30)24(31)18-11-13-19(14-12-18)29-27(32)25-22(17-33-20-7-3-2-4-8-20)21-9-5-6-10-23(21)34-25/h2-16H,17H2,1H3,(H,29,32). The normalized spacial score (nSPS) is 10.9. The van der Waals surface area contributed by atoms with E-state index in [0.717, 1.165) is 5.39 Å². The van der Waals surface area contributed by atoms with Crippen LogP contribution in [-0.2, 0) is 13.7 Å². The first-order chi connectivity index (χ1) is 16.6. The number of hydrogen-bond acceptors (Lipinski definition) is 5. The summed E-state index contributed by atoms with van der Waals surface area (Å²) >= 11 is 0. The number of carbonyl (C=O) groups excluding carboxylic acids is 2. The molecule has 0 saturated heterocycles. The van der Waals surface area contributed by atoms with Gasteiger partial charge in [-0.2, -0.15) is 0 Å². The second-order valence-corrected chi connectivity index (χ2v) is 7.73. The molecule has 5 aromatic rings. The Balaban J connectivity index is 1.37. The third kappa shape index (κ3) is 4.19. The Labute approximate surface area is 195 Å². The Morgan fingerprint density at radius 3 is 2.44 bits per heavy atom. The number of imidazole rings is 1. The lowest BCUT2D eigenvalue weighted by atomic mass is 10.1. The van der Waals surface area contributed by atoms with Crippen LogP contribution in [0.3, 0.4) is 0 Å². The van der Waals surface area contributed by atoms with Gasteiger partial charge < -0.3 is 19.0 Å². The molecule has 0 unspecified atom stereocenters. The fourth-order valence-electron chi connectivity index (χ4n) is 3.70. The van der Waals surface area contributed by atoms with Gasteiger partial charge in [0.25, 0.3) is 5.91 Å². The summed E-state index contributed by atoms with van der Waals surface area (Å²) in [5.74, 6) is 0.647. The van der Waals surface area contributed by atoms with Crippen LogP contribution in [0, 0.1) is 0 Å². The zero-order valence-corrected chi connectivity index (χ0v) is 18.4. The third-order valence-electron chi connectivity index (χ3n) is 5.46. The van der Waals surface area contributed by atoms with Crippen molar-refractivity contribution in [2.45, 2.75) is 6.61 Å². The number of nitrogens with zero attached hydrogens (tertiary/aromatic N) is 2. The molecule has 34 heavy (non-hydrogen) atoms. The van der Waals surface area contributed by atoms with Crippen LogP contribution in [0.4, 0.5) is 5.69 Å². The number of nitrogens with one attached hydrogen (secondary N) is 1. The van der Waals surface area contributed by atoms with E-state index in [9.17, 15) is 9.59 Å². The minimum absolute atomic E-state index is 0.181. The smallest absolute Gasteiger partial charge is 0.291 e. The van der Waals surface area contributed by atoms with Crippen molar-refractivity contribution in [1.29, 1.82) is 0 Å². The van der Waals surface area contributed by atoms with Crippen LogP contribution in [0.2, 0.25) is 0 Å². The van der Waals surface area contributed by atoms with E-state index < -0.39 is 5.91 Å². The van der Waals surface area contributed by atoms with E-state index in [4.69, 9.17) is 9.15 Å². The molecule has 1 amide bonds. The monoisotopic (exact) mass is 451 g/mol. The van der Waals surface area contributed by atoms with Crippen LogP contribution in [0.15, 0.2) is 95.7 Å². The van der Waals surface area contributed by atoms with Gasteiger partial charge >= 0.3 is 0 Å². The first kappa shape index (κ1) is 21.2. The van der Waals surface area contributed by atoms with Crippen molar-refractivity contribution in [3.8, 4) is 5.75 Å². The number of ketones is 1. The van der Waals surface area contributed by atoms with Crippen molar-refractivity contribution >= 4 is 28.3 Å². The number of benzene rings is 3. The van der Waals surface area contributed by atoms with Crippen molar-refractivity contribution in [1.82, 2.24) is 9.55 Å². The molecule has 7 nitrogen and oxygen atoms in total. The lowest BCUT2D eigenvalue weighted by Crippen LogP contribution is -2.14. The molecule has 1 N–H and O–H groups in total. The van der Waals surface area contributed by atoms with Crippen molar-refractivity contribution in [2.75, 3.05) is 5.32 Å². The number of anilines is 1. The molecule has 0 spiro atoms. The highest BCUT2D eigenvalue weighted by Crippen LogP contribution is 2.28. The van der Waals surface area contributed by atoms with Gasteiger partial charge in [-0.05, 0) is 42.5 Å². The molecule has 168 valence electrons. The summed E-state index contributed by atoms with van der Waals surface area (Å²) in [4.78, 5) is 29.8. The lowest BCUT2D eigenvalue weighted by Gasteiger charge is -2.08. The molecular weight excluding hydrogens is 430 g/mol. The Morgan fingerprint density at radius 1 is 0.971 bits per heavy atom. The van der Waals surface area contributed by atoms with Crippen LogP contribution in [0.25, 0.3) is 11.0 Å². The fraction of sp³-hybridized carbons (Fsp3) is 0.0741. The van der Waals surface area contributed by atoms with Gasteiger partial charge in [-0.15, -0.1) is 0 Å². The SMILES string of the molecule is Cn1ccnc1C(=O)c1ccc(NC(=O)c2oc3ccccc3c2COc2ccccc2)cc1. The molecule has 2 heterocycles. The summed E-state index contributed by atoms with van der Waals surface area (Å²) in [6, 6.07) is 23.5. The van der Waals surface area contributed by atoms with E-state index in [1.807, 2.05) is 54.6 Å². The summed E-state index contributed by atoms with van der Waals surface area (Å²) in [5, 5.41) is 3.67. The van der Waals surface area contributed by atoms with Crippen molar-refractivity contribution < 1.29 is 18.7 Å². The number of rotatable bonds is 7. The minimum Gasteiger partial charge on any atom is -0.489 e. The van der Waals surface area contributed by atoms with Crippen LogP contribution in [-0.4, -0.2) is 21.2 Å². The predicted molar refractivity (Wildman–Crippen MR) is 128 cm³/mol. The molecule has 2 aromatic heterocycles. The number of carbonyl (C=O) groups is 2. The van der Waals surface area contributed by atoms with Crippen molar-refractivity contribution in [2.24, 2.45) is 7.05 Å². The second kappa shape index (κ2) is 9.07. The highest BCUT2D eigenvalue weighted by Gasteiger charge is 2.21. The molecule has 0 bridgehead atoms. The van der Waals surface area contributed by atoms with Crippen LogP contribution in [0.5, 0.6) is 5.75 Å². The Bertz CT molecular complexity index is 1470. The van der Waals surface area contributed by atoms with Crippen molar-refractivity contribution in [3.63, 3.8) is 0 Å². The van der Waals surface area contributed by atoms with Gasteiger partial charge in [0, 0.05) is 41.6 Å². The molecule has 3 aromatic carbocycles. The van der Waals surface area contributed by atoms with Gasteiger partial charge in [0.15, 0.2) is 11.6 Å². The fourth-order valence-corrected chi connectivity index (χ4v) is 3.70. The molecule has 7 heteroatoms. The highest BCUT2D eigenvalue weighted by molar-refractivity contribution is 6.08. The van der Waals surface area contributed by atoms with Gasteiger partial charge in [0.2, 0.25) is 5.78 Å². The number of hydrogen-bond donors (Lipinski definition) is 1. The van der Waals surface area contributed by atoms with Gasteiger partial charge in [-0.25, -0.2) is 4.98 Å². The summed E-state index contributed by atoms with van der Waals surface area (Å²) in [5.41, 5.74) is 2.29. The van der Waals surface area contributed by atoms with Crippen LogP contribution < -0.4 is 10.1 Å².